The number of carbonyl (C=O) groups excluding carboxylic acids is 1. The van der Waals surface area contributed by atoms with Gasteiger partial charge in [-0.2, -0.15) is 0 Å². The summed E-state index contributed by atoms with van der Waals surface area (Å²) in [5, 5.41) is 2.97. The molecule has 1 aliphatic heterocycles. The third-order valence-electron chi connectivity index (χ3n) is 4.91. The van der Waals surface area contributed by atoms with Crippen molar-refractivity contribution in [3.63, 3.8) is 0 Å². The monoisotopic (exact) mass is 352 g/mol. The molecule has 2 aromatic rings. The van der Waals surface area contributed by atoms with Gasteiger partial charge in [0.25, 0.3) is 5.91 Å². The van der Waals surface area contributed by atoms with Crippen molar-refractivity contribution in [1.29, 1.82) is 0 Å². The highest BCUT2D eigenvalue weighted by atomic mass is 16.1. The number of likely N-dealkylation sites (tertiary alicyclic amines) is 1. The summed E-state index contributed by atoms with van der Waals surface area (Å²) in [6.45, 7) is 10.2. The molecule has 5 heteroatoms. The third kappa shape index (κ3) is 4.88. The fourth-order valence-corrected chi connectivity index (χ4v) is 3.82. The average Bonchev–Trinajstić information content (AvgIpc) is 2.60. The van der Waals surface area contributed by atoms with Crippen LogP contribution in [0, 0.1) is 18.8 Å². The Bertz CT molecular complexity index is 734. The molecule has 1 aliphatic rings. The molecule has 1 aromatic carbocycles. The van der Waals surface area contributed by atoms with E-state index < -0.39 is 0 Å². The number of aryl methyl sites for hydroxylation is 1. The highest BCUT2D eigenvalue weighted by Gasteiger charge is 2.22. The van der Waals surface area contributed by atoms with Gasteiger partial charge in [-0.1, -0.05) is 38.1 Å². The van der Waals surface area contributed by atoms with E-state index in [0.717, 1.165) is 42.7 Å². The number of nitrogens with one attached hydrogen (secondary N) is 1. The predicted molar refractivity (Wildman–Crippen MR) is 103 cm³/mol. The number of hydrogen-bond acceptors (Lipinski definition) is 4. The summed E-state index contributed by atoms with van der Waals surface area (Å²) in [6, 6.07) is 8.35. The molecule has 26 heavy (non-hydrogen) atoms. The standard InChI is InChI=1S/C21H28N4O/c1-15-8-16(2)13-25(12-15)14-19-7-5-4-6-18(19)10-24-21(26)20-11-22-17(3)9-23-20/h4-7,9,11,15-16H,8,10,12-14H2,1-3H3,(H,24,26). The van der Waals surface area contributed by atoms with E-state index in [4.69, 9.17) is 0 Å². The fraction of sp³-hybridized carbons (Fsp3) is 0.476. The Morgan fingerprint density at radius 3 is 2.46 bits per heavy atom. The normalized spacial score (nSPS) is 20.7. The van der Waals surface area contributed by atoms with Gasteiger partial charge in [0.1, 0.15) is 5.69 Å². The lowest BCUT2D eigenvalue weighted by atomic mass is 9.91. The summed E-state index contributed by atoms with van der Waals surface area (Å²) in [5.41, 5.74) is 3.60. The lowest BCUT2D eigenvalue weighted by Crippen LogP contribution is -2.38. The van der Waals surface area contributed by atoms with Gasteiger partial charge in [-0.3, -0.25) is 14.7 Å². The minimum atomic E-state index is -0.187. The molecular weight excluding hydrogens is 324 g/mol. The zero-order valence-electron chi connectivity index (χ0n) is 15.9. The Labute approximate surface area is 155 Å². The van der Waals surface area contributed by atoms with Gasteiger partial charge in [0.2, 0.25) is 0 Å². The average molecular weight is 352 g/mol. The number of hydrogen-bond donors (Lipinski definition) is 1. The number of amides is 1. The smallest absolute Gasteiger partial charge is 0.271 e. The Kier molecular flexibility index (Phi) is 5.99. The van der Waals surface area contributed by atoms with Crippen LogP contribution < -0.4 is 5.32 Å². The van der Waals surface area contributed by atoms with E-state index in [9.17, 15) is 4.79 Å². The molecule has 2 unspecified atom stereocenters. The van der Waals surface area contributed by atoms with Gasteiger partial charge in [-0.05, 0) is 36.3 Å². The molecule has 0 saturated carbocycles. The highest BCUT2D eigenvalue weighted by molar-refractivity contribution is 5.91. The van der Waals surface area contributed by atoms with Crippen LogP contribution >= 0.6 is 0 Å². The van der Waals surface area contributed by atoms with Crippen LogP contribution in [0.5, 0.6) is 0 Å². The van der Waals surface area contributed by atoms with Gasteiger partial charge in [-0.25, -0.2) is 4.98 Å². The van der Waals surface area contributed by atoms with Crippen LogP contribution in [0.1, 0.15) is 47.6 Å². The molecule has 2 atom stereocenters. The molecule has 0 aliphatic carbocycles. The molecule has 3 rings (SSSR count). The van der Waals surface area contributed by atoms with Crippen LogP contribution in [0.3, 0.4) is 0 Å². The van der Waals surface area contributed by atoms with E-state index in [1.165, 1.54) is 18.2 Å². The second-order valence-electron chi connectivity index (χ2n) is 7.63. The minimum Gasteiger partial charge on any atom is -0.347 e. The lowest BCUT2D eigenvalue weighted by molar-refractivity contribution is 0.0945. The third-order valence-corrected chi connectivity index (χ3v) is 4.91. The first-order valence-electron chi connectivity index (χ1n) is 9.37. The van der Waals surface area contributed by atoms with Crippen LogP contribution in [0.2, 0.25) is 0 Å². The number of aromatic nitrogens is 2. The second-order valence-corrected chi connectivity index (χ2v) is 7.63. The first-order valence-corrected chi connectivity index (χ1v) is 9.37. The van der Waals surface area contributed by atoms with Crippen LogP contribution in [-0.4, -0.2) is 33.9 Å². The molecule has 5 nitrogen and oxygen atoms in total. The second kappa shape index (κ2) is 8.41. The molecule has 2 heterocycles. The van der Waals surface area contributed by atoms with Crippen molar-refractivity contribution >= 4 is 5.91 Å². The maximum absolute atomic E-state index is 12.3. The molecule has 0 bridgehead atoms. The molecule has 0 spiro atoms. The molecule has 1 aromatic heterocycles. The molecule has 1 fully saturated rings. The maximum atomic E-state index is 12.3. The number of benzene rings is 1. The van der Waals surface area contributed by atoms with E-state index in [-0.39, 0.29) is 5.91 Å². The van der Waals surface area contributed by atoms with Crippen LogP contribution in [0.15, 0.2) is 36.7 Å². The van der Waals surface area contributed by atoms with Crippen LogP contribution in [0.25, 0.3) is 0 Å². The van der Waals surface area contributed by atoms with Gasteiger partial charge in [0, 0.05) is 32.4 Å². The topological polar surface area (TPSA) is 58.1 Å². The van der Waals surface area contributed by atoms with Crippen molar-refractivity contribution in [3.8, 4) is 0 Å². The molecule has 0 radical (unpaired) electrons. The summed E-state index contributed by atoms with van der Waals surface area (Å²) >= 11 is 0. The van der Waals surface area contributed by atoms with Crippen molar-refractivity contribution < 1.29 is 4.79 Å². The maximum Gasteiger partial charge on any atom is 0.271 e. The van der Waals surface area contributed by atoms with Crippen LogP contribution in [0.4, 0.5) is 0 Å². The zero-order valence-corrected chi connectivity index (χ0v) is 15.9. The first-order chi connectivity index (χ1) is 12.5. The zero-order chi connectivity index (χ0) is 18.5. The quantitative estimate of drug-likeness (QED) is 0.898. The summed E-state index contributed by atoms with van der Waals surface area (Å²) in [5.74, 6) is 1.30. The van der Waals surface area contributed by atoms with Crippen molar-refractivity contribution in [2.75, 3.05) is 13.1 Å². The van der Waals surface area contributed by atoms with E-state index in [1.54, 1.807) is 6.20 Å². The molecule has 1 amide bonds. The SMILES string of the molecule is Cc1cnc(C(=O)NCc2ccccc2CN2CC(C)CC(C)C2)cn1. The summed E-state index contributed by atoms with van der Waals surface area (Å²) < 4.78 is 0. The number of carbonyl (C=O) groups is 1. The largest absolute Gasteiger partial charge is 0.347 e. The summed E-state index contributed by atoms with van der Waals surface area (Å²) in [4.78, 5) is 23.1. The first kappa shape index (κ1) is 18.5. The molecule has 1 saturated heterocycles. The van der Waals surface area contributed by atoms with Crippen molar-refractivity contribution in [1.82, 2.24) is 20.2 Å². The van der Waals surface area contributed by atoms with E-state index in [1.807, 2.05) is 13.0 Å². The Morgan fingerprint density at radius 1 is 1.12 bits per heavy atom. The number of nitrogens with zero attached hydrogens (tertiary/aromatic N) is 3. The van der Waals surface area contributed by atoms with Crippen LogP contribution in [-0.2, 0) is 13.1 Å². The Balaban J connectivity index is 1.63. The molecular formula is C21H28N4O. The van der Waals surface area contributed by atoms with Crippen molar-refractivity contribution in [2.45, 2.75) is 40.3 Å². The molecule has 138 valence electrons. The highest BCUT2D eigenvalue weighted by Crippen LogP contribution is 2.23. The Morgan fingerprint density at radius 2 is 1.81 bits per heavy atom. The van der Waals surface area contributed by atoms with Crippen molar-refractivity contribution in [3.05, 3.63) is 59.2 Å². The fourth-order valence-electron chi connectivity index (χ4n) is 3.82. The summed E-state index contributed by atoms with van der Waals surface area (Å²) in [6.07, 6.45) is 4.44. The van der Waals surface area contributed by atoms with E-state index in [0.29, 0.717) is 12.2 Å². The van der Waals surface area contributed by atoms with Gasteiger partial charge in [0.05, 0.1) is 11.9 Å². The Hall–Kier alpha value is -2.27. The number of rotatable bonds is 5. The minimum absolute atomic E-state index is 0.187. The van der Waals surface area contributed by atoms with Gasteiger partial charge < -0.3 is 5.32 Å². The summed E-state index contributed by atoms with van der Waals surface area (Å²) in [7, 11) is 0. The molecule has 1 N–H and O–H groups in total. The van der Waals surface area contributed by atoms with Gasteiger partial charge in [0.15, 0.2) is 0 Å². The van der Waals surface area contributed by atoms with Gasteiger partial charge >= 0.3 is 0 Å². The lowest BCUT2D eigenvalue weighted by Gasteiger charge is -2.35. The van der Waals surface area contributed by atoms with Crippen molar-refractivity contribution in [2.24, 2.45) is 11.8 Å². The predicted octanol–water partition coefficient (Wildman–Crippen LogP) is 3.19. The van der Waals surface area contributed by atoms with E-state index in [2.05, 4.69) is 52.2 Å². The van der Waals surface area contributed by atoms with Gasteiger partial charge in [-0.15, -0.1) is 0 Å². The number of piperidine rings is 1. The van der Waals surface area contributed by atoms with E-state index >= 15 is 0 Å².